The van der Waals surface area contributed by atoms with E-state index in [0.717, 1.165) is 0 Å². The van der Waals surface area contributed by atoms with E-state index >= 15 is 0 Å². The molecule has 0 unspecified atom stereocenters. The molecule has 4 heteroatoms. The van der Waals surface area contributed by atoms with Crippen molar-refractivity contribution < 1.29 is 9.59 Å². The zero-order chi connectivity index (χ0) is 11.8. The maximum atomic E-state index is 10.6. The van der Waals surface area contributed by atoms with Crippen LogP contribution in [0, 0.1) is 0 Å². The van der Waals surface area contributed by atoms with Gasteiger partial charge in [-0.2, -0.15) is 0 Å². The zero-order valence-corrected chi connectivity index (χ0v) is 10.1. The number of carbonyl (C=O) groups excluding carboxylic acids is 2. The smallest absolute Gasteiger partial charge is 0.252 e. The van der Waals surface area contributed by atoms with E-state index in [-0.39, 0.29) is 0 Å². The van der Waals surface area contributed by atoms with Gasteiger partial charge >= 0.3 is 0 Å². The number of benzene rings is 1. The summed E-state index contributed by atoms with van der Waals surface area (Å²) in [4.78, 5) is 21.1. The molecule has 82 valence electrons. The van der Waals surface area contributed by atoms with Crippen molar-refractivity contribution in [3.8, 4) is 0 Å². The molecule has 0 aliphatic heterocycles. The lowest BCUT2D eigenvalue weighted by atomic mass is 10.2. The zero-order valence-electron chi connectivity index (χ0n) is 8.59. The first-order valence-corrected chi connectivity index (χ1v) is 5.28. The van der Waals surface area contributed by atoms with Gasteiger partial charge in [-0.3, -0.25) is 9.59 Å². The van der Waals surface area contributed by atoms with Crippen LogP contribution in [-0.4, -0.2) is 10.5 Å². The van der Waals surface area contributed by atoms with Crippen molar-refractivity contribution in [2.24, 2.45) is 0 Å². The molecule has 0 aromatic heterocycles. The van der Waals surface area contributed by atoms with Gasteiger partial charge in [0.2, 0.25) is 0 Å². The van der Waals surface area contributed by atoms with Crippen LogP contribution in [0.25, 0.3) is 0 Å². The summed E-state index contributed by atoms with van der Waals surface area (Å²) in [5, 5.41) is -1.10. The number of rotatable bonds is 2. The second-order valence-electron chi connectivity index (χ2n) is 2.83. The molecule has 0 heterocycles. The third kappa shape index (κ3) is 5.55. The highest BCUT2D eigenvalue weighted by molar-refractivity contribution is 6.68. The fourth-order valence-electron chi connectivity index (χ4n) is 0.732. The molecule has 0 bridgehead atoms. The van der Waals surface area contributed by atoms with Crippen LogP contribution in [0.15, 0.2) is 24.3 Å². The second-order valence-corrected chi connectivity index (χ2v) is 3.52. The normalized spacial score (nSPS) is 8.80. The van der Waals surface area contributed by atoms with Gasteiger partial charge in [0.05, 0.1) is 0 Å². The fraction of sp³-hybridized carbons (Fsp3) is 0.273. The molecular weight excluding hydrogens is 235 g/mol. The fourth-order valence-corrected chi connectivity index (χ4v) is 0.984. The van der Waals surface area contributed by atoms with E-state index in [4.69, 9.17) is 23.2 Å². The Hall–Kier alpha value is -0.860. The molecule has 1 rings (SSSR count). The van der Waals surface area contributed by atoms with Crippen LogP contribution in [0.4, 0.5) is 0 Å². The first-order chi connectivity index (χ1) is 7.02. The van der Waals surface area contributed by atoms with Crippen LogP contribution in [0.2, 0.25) is 0 Å². The highest BCUT2D eigenvalue weighted by Gasteiger charge is 2.03. The van der Waals surface area contributed by atoms with Crippen LogP contribution in [0.3, 0.4) is 0 Å². The molecule has 0 N–H and O–H groups in total. The molecule has 0 aliphatic rings. The van der Waals surface area contributed by atoms with E-state index in [0.29, 0.717) is 11.1 Å². The molecule has 0 saturated heterocycles. The molecule has 0 radical (unpaired) electrons. The first kappa shape index (κ1) is 14.1. The van der Waals surface area contributed by atoms with E-state index in [2.05, 4.69) is 13.8 Å². The second kappa shape index (κ2) is 7.43. The van der Waals surface area contributed by atoms with Crippen LogP contribution < -0.4 is 0 Å². The lowest BCUT2D eigenvalue weighted by Crippen LogP contribution is -1.92. The molecule has 2 nitrogen and oxygen atoms in total. The van der Waals surface area contributed by atoms with Crippen molar-refractivity contribution >= 4 is 33.7 Å². The summed E-state index contributed by atoms with van der Waals surface area (Å²) in [6, 6.07) is 5.80. The van der Waals surface area contributed by atoms with E-state index in [9.17, 15) is 9.59 Å². The summed E-state index contributed by atoms with van der Waals surface area (Å²) in [6.07, 6.45) is 1.25. The molecule has 0 amide bonds. The highest BCUT2D eigenvalue weighted by atomic mass is 35.5. The van der Waals surface area contributed by atoms with Gasteiger partial charge in [0, 0.05) is 11.1 Å². The Labute approximate surface area is 99.2 Å². The van der Waals surface area contributed by atoms with Crippen molar-refractivity contribution in [1.29, 1.82) is 0 Å². The van der Waals surface area contributed by atoms with Crippen molar-refractivity contribution in [3.05, 3.63) is 35.4 Å². The summed E-state index contributed by atoms with van der Waals surface area (Å²) in [5.41, 5.74) is 0.691. The summed E-state index contributed by atoms with van der Waals surface area (Å²) < 4.78 is 0. The van der Waals surface area contributed by atoms with Gasteiger partial charge in [0.15, 0.2) is 0 Å². The van der Waals surface area contributed by atoms with E-state index in [1.54, 1.807) is 0 Å². The minimum absolute atomic E-state index is 0.346. The molecule has 0 fully saturated rings. The molecule has 0 aliphatic carbocycles. The Kier molecular flexibility index (Phi) is 7.01. The quantitative estimate of drug-likeness (QED) is 0.743. The Balaban J connectivity index is 0.000000583. The van der Waals surface area contributed by atoms with Crippen LogP contribution >= 0.6 is 23.2 Å². The molecule has 1 aromatic carbocycles. The lowest BCUT2D eigenvalue weighted by molar-refractivity contribution is 0.107. The van der Waals surface area contributed by atoms with Crippen molar-refractivity contribution in [2.45, 2.75) is 20.3 Å². The number of hydrogen-bond acceptors (Lipinski definition) is 2. The standard InChI is InChI=1S/C8H4Cl2O2.C3H8/c9-7(11)5-1-2-6(4-3-5)8(10)12;1-3-2/h1-4H;3H2,1-2H3. The van der Waals surface area contributed by atoms with Gasteiger partial charge in [0.1, 0.15) is 0 Å². The van der Waals surface area contributed by atoms with Gasteiger partial charge in [-0.15, -0.1) is 0 Å². The summed E-state index contributed by atoms with van der Waals surface area (Å²) in [6.45, 7) is 4.25. The monoisotopic (exact) mass is 246 g/mol. The van der Waals surface area contributed by atoms with Gasteiger partial charge in [0.25, 0.3) is 10.5 Å². The Morgan fingerprint density at radius 2 is 1.13 bits per heavy atom. The average molecular weight is 247 g/mol. The van der Waals surface area contributed by atoms with E-state index in [1.165, 1.54) is 30.7 Å². The topological polar surface area (TPSA) is 34.1 Å². The van der Waals surface area contributed by atoms with Crippen LogP contribution in [0.1, 0.15) is 41.0 Å². The maximum absolute atomic E-state index is 10.6. The van der Waals surface area contributed by atoms with Crippen molar-refractivity contribution in [2.75, 3.05) is 0 Å². The van der Waals surface area contributed by atoms with Crippen LogP contribution in [-0.2, 0) is 0 Å². The minimum atomic E-state index is -0.552. The first-order valence-electron chi connectivity index (χ1n) is 4.52. The number of halogens is 2. The highest BCUT2D eigenvalue weighted by Crippen LogP contribution is 2.08. The predicted molar refractivity (Wildman–Crippen MR) is 62.8 cm³/mol. The van der Waals surface area contributed by atoms with Crippen LogP contribution in [0.5, 0.6) is 0 Å². The maximum Gasteiger partial charge on any atom is 0.252 e. The summed E-state index contributed by atoms with van der Waals surface area (Å²) in [7, 11) is 0. The van der Waals surface area contributed by atoms with Gasteiger partial charge in [-0.05, 0) is 47.5 Å². The Morgan fingerprint density at radius 1 is 0.933 bits per heavy atom. The van der Waals surface area contributed by atoms with Gasteiger partial charge in [-0.25, -0.2) is 0 Å². The Bertz CT molecular complexity index is 298. The van der Waals surface area contributed by atoms with Crippen molar-refractivity contribution in [3.63, 3.8) is 0 Å². The predicted octanol–water partition coefficient (Wildman–Crippen LogP) is 3.86. The van der Waals surface area contributed by atoms with E-state index in [1.807, 2.05) is 0 Å². The van der Waals surface area contributed by atoms with E-state index < -0.39 is 10.5 Å². The number of hydrogen-bond donors (Lipinski definition) is 0. The minimum Gasteiger partial charge on any atom is -0.276 e. The third-order valence-electron chi connectivity index (χ3n) is 1.34. The third-order valence-corrected chi connectivity index (χ3v) is 1.78. The largest absolute Gasteiger partial charge is 0.276 e. The molecule has 1 aromatic rings. The molecule has 0 saturated carbocycles. The van der Waals surface area contributed by atoms with Crippen molar-refractivity contribution in [1.82, 2.24) is 0 Å². The summed E-state index contributed by atoms with van der Waals surface area (Å²) >= 11 is 10.4. The van der Waals surface area contributed by atoms with Gasteiger partial charge in [-0.1, -0.05) is 20.3 Å². The summed E-state index contributed by atoms with van der Waals surface area (Å²) in [5.74, 6) is 0. The SMILES string of the molecule is CCC.O=C(Cl)c1ccc(C(=O)Cl)cc1. The molecule has 0 spiro atoms. The van der Waals surface area contributed by atoms with Gasteiger partial charge < -0.3 is 0 Å². The number of carbonyl (C=O) groups is 2. The lowest BCUT2D eigenvalue weighted by Gasteiger charge is -1.94. The molecule has 0 atom stereocenters. The molecular formula is C11H12Cl2O2. The average Bonchev–Trinajstić information content (AvgIpc) is 2.19. The molecule has 15 heavy (non-hydrogen) atoms. The Morgan fingerprint density at radius 3 is 1.27 bits per heavy atom.